The predicted molar refractivity (Wildman–Crippen MR) is 67.0 cm³/mol. The monoisotopic (exact) mass is 285 g/mol. The van der Waals surface area contributed by atoms with E-state index in [0.29, 0.717) is 16.7 Å². The van der Waals surface area contributed by atoms with Crippen LogP contribution in [0.2, 0.25) is 0 Å². The Balaban J connectivity index is 2.08. The molecule has 0 spiro atoms. The summed E-state index contributed by atoms with van der Waals surface area (Å²) < 4.78 is 44.6. The zero-order valence-corrected chi connectivity index (χ0v) is 10.8. The van der Waals surface area contributed by atoms with E-state index >= 15 is 0 Å². The predicted octanol–water partition coefficient (Wildman–Crippen LogP) is 2.72. The maximum absolute atomic E-state index is 13.4. The number of imidazole rings is 1. The minimum atomic E-state index is -2.68. The van der Waals surface area contributed by atoms with Crippen LogP contribution in [0.3, 0.4) is 0 Å². The number of halogens is 3. The standard InChI is InChI=1S/C13H14F3N3O/c1-17-7-9-4-10(14)6-11(5-9)20-8-12-18-2-3-19(12)13(15)16/h2-6,13,17H,7-8H2,1H3. The van der Waals surface area contributed by atoms with E-state index in [9.17, 15) is 13.2 Å². The van der Waals surface area contributed by atoms with Gasteiger partial charge in [0.1, 0.15) is 18.2 Å². The SMILES string of the molecule is CNCc1cc(F)cc(OCc2nccn2C(F)F)c1. The smallest absolute Gasteiger partial charge is 0.320 e. The Labute approximate surface area is 114 Å². The number of nitrogens with one attached hydrogen (secondary N) is 1. The van der Waals surface area contributed by atoms with Crippen molar-refractivity contribution in [3.05, 3.63) is 47.8 Å². The first-order valence-corrected chi connectivity index (χ1v) is 5.97. The van der Waals surface area contributed by atoms with Gasteiger partial charge in [-0.1, -0.05) is 0 Å². The first kappa shape index (κ1) is 14.4. The van der Waals surface area contributed by atoms with Crippen LogP contribution in [0.15, 0.2) is 30.6 Å². The first-order chi connectivity index (χ1) is 9.60. The Morgan fingerprint density at radius 2 is 2.15 bits per heavy atom. The number of benzene rings is 1. The summed E-state index contributed by atoms with van der Waals surface area (Å²) in [7, 11) is 1.74. The van der Waals surface area contributed by atoms with Crippen molar-refractivity contribution in [2.75, 3.05) is 7.05 Å². The van der Waals surface area contributed by atoms with E-state index in [2.05, 4.69) is 10.3 Å². The number of aromatic nitrogens is 2. The number of hydrogen-bond acceptors (Lipinski definition) is 3. The van der Waals surface area contributed by atoms with Crippen molar-refractivity contribution in [2.45, 2.75) is 19.7 Å². The molecule has 1 aromatic heterocycles. The van der Waals surface area contributed by atoms with Crippen molar-refractivity contribution in [1.29, 1.82) is 0 Å². The second-order valence-corrected chi connectivity index (χ2v) is 4.14. The highest BCUT2D eigenvalue weighted by Gasteiger charge is 2.12. The van der Waals surface area contributed by atoms with E-state index in [0.717, 1.165) is 0 Å². The van der Waals surface area contributed by atoms with Crippen molar-refractivity contribution in [2.24, 2.45) is 0 Å². The Kier molecular flexibility index (Phi) is 4.62. The van der Waals surface area contributed by atoms with Crippen molar-refractivity contribution in [3.63, 3.8) is 0 Å². The summed E-state index contributed by atoms with van der Waals surface area (Å²) in [6, 6.07) is 4.23. The Morgan fingerprint density at radius 3 is 2.85 bits per heavy atom. The van der Waals surface area contributed by atoms with Gasteiger partial charge in [0, 0.05) is 25.0 Å². The molecule has 1 heterocycles. The van der Waals surface area contributed by atoms with Crippen LogP contribution in [0.5, 0.6) is 5.75 Å². The highest BCUT2D eigenvalue weighted by molar-refractivity contribution is 5.29. The van der Waals surface area contributed by atoms with Gasteiger partial charge in [0.25, 0.3) is 0 Å². The van der Waals surface area contributed by atoms with Crippen molar-refractivity contribution >= 4 is 0 Å². The fourth-order valence-electron chi connectivity index (χ4n) is 1.79. The van der Waals surface area contributed by atoms with Crippen LogP contribution in [0.4, 0.5) is 13.2 Å². The van der Waals surface area contributed by atoms with Crippen LogP contribution in [-0.4, -0.2) is 16.6 Å². The number of alkyl halides is 2. The Morgan fingerprint density at radius 1 is 1.35 bits per heavy atom. The molecule has 0 fully saturated rings. The molecule has 0 unspecified atom stereocenters. The van der Waals surface area contributed by atoms with Gasteiger partial charge < -0.3 is 10.1 Å². The van der Waals surface area contributed by atoms with Crippen LogP contribution >= 0.6 is 0 Å². The number of rotatable bonds is 6. The lowest BCUT2D eigenvalue weighted by Gasteiger charge is -2.10. The van der Waals surface area contributed by atoms with E-state index in [-0.39, 0.29) is 18.2 Å². The van der Waals surface area contributed by atoms with E-state index in [4.69, 9.17) is 4.74 Å². The van der Waals surface area contributed by atoms with Gasteiger partial charge in [0.05, 0.1) is 0 Å². The molecule has 0 atom stereocenters. The largest absolute Gasteiger partial charge is 0.486 e. The Bertz CT molecular complexity index is 572. The van der Waals surface area contributed by atoms with Gasteiger partial charge in [-0.3, -0.25) is 4.57 Å². The topological polar surface area (TPSA) is 39.1 Å². The van der Waals surface area contributed by atoms with Gasteiger partial charge in [-0.15, -0.1) is 0 Å². The molecule has 2 aromatic rings. The van der Waals surface area contributed by atoms with Gasteiger partial charge in [-0.25, -0.2) is 9.37 Å². The van der Waals surface area contributed by atoms with Crippen LogP contribution in [-0.2, 0) is 13.2 Å². The van der Waals surface area contributed by atoms with Crippen LogP contribution in [0.25, 0.3) is 0 Å². The number of hydrogen-bond donors (Lipinski definition) is 1. The fourth-order valence-corrected chi connectivity index (χ4v) is 1.79. The average Bonchev–Trinajstić information content (AvgIpc) is 2.84. The third kappa shape index (κ3) is 3.51. The van der Waals surface area contributed by atoms with E-state index < -0.39 is 12.4 Å². The molecule has 0 aliphatic heterocycles. The van der Waals surface area contributed by atoms with Crippen molar-refractivity contribution < 1.29 is 17.9 Å². The molecular weight excluding hydrogens is 271 g/mol. The zero-order valence-electron chi connectivity index (χ0n) is 10.8. The molecule has 0 amide bonds. The number of ether oxygens (including phenoxy) is 1. The molecule has 0 saturated carbocycles. The molecule has 1 aromatic carbocycles. The molecule has 4 nitrogen and oxygen atoms in total. The van der Waals surface area contributed by atoms with Gasteiger partial charge in [0.2, 0.25) is 0 Å². The highest BCUT2D eigenvalue weighted by Crippen LogP contribution is 2.19. The summed E-state index contributed by atoms with van der Waals surface area (Å²) in [6.45, 7) is -2.34. The third-order valence-electron chi connectivity index (χ3n) is 2.64. The third-order valence-corrected chi connectivity index (χ3v) is 2.64. The summed E-state index contributed by atoms with van der Waals surface area (Å²) in [4.78, 5) is 3.79. The summed E-state index contributed by atoms with van der Waals surface area (Å²) in [5.74, 6) is -0.0801. The van der Waals surface area contributed by atoms with Gasteiger partial charge >= 0.3 is 6.55 Å². The lowest BCUT2D eigenvalue weighted by atomic mass is 10.2. The van der Waals surface area contributed by atoms with Gasteiger partial charge in [-0.2, -0.15) is 8.78 Å². The molecule has 0 radical (unpaired) electrons. The average molecular weight is 285 g/mol. The van der Waals surface area contributed by atoms with Crippen LogP contribution in [0.1, 0.15) is 17.9 Å². The molecule has 1 N–H and O–H groups in total. The molecule has 0 aliphatic rings. The maximum Gasteiger partial charge on any atom is 0.320 e. The molecule has 7 heteroatoms. The zero-order chi connectivity index (χ0) is 14.5. The summed E-state index contributed by atoms with van der Waals surface area (Å²) in [5.41, 5.74) is 0.708. The van der Waals surface area contributed by atoms with Gasteiger partial charge in [-0.05, 0) is 24.7 Å². The maximum atomic E-state index is 13.4. The number of nitrogens with zero attached hydrogens (tertiary/aromatic N) is 2. The normalized spacial score (nSPS) is 11.1. The van der Waals surface area contributed by atoms with Crippen molar-refractivity contribution in [1.82, 2.24) is 14.9 Å². The minimum absolute atomic E-state index is 0.0828. The summed E-state index contributed by atoms with van der Waals surface area (Å²) in [6.07, 6.45) is 2.43. The van der Waals surface area contributed by atoms with Crippen LogP contribution in [0, 0.1) is 5.82 Å². The summed E-state index contributed by atoms with van der Waals surface area (Å²) >= 11 is 0. The molecule has 0 saturated heterocycles. The van der Waals surface area contributed by atoms with E-state index in [1.165, 1.54) is 24.5 Å². The van der Waals surface area contributed by atoms with E-state index in [1.54, 1.807) is 13.1 Å². The summed E-state index contributed by atoms with van der Waals surface area (Å²) in [5, 5.41) is 2.89. The van der Waals surface area contributed by atoms with Crippen molar-refractivity contribution in [3.8, 4) is 5.75 Å². The Hall–Kier alpha value is -2.02. The lowest BCUT2D eigenvalue weighted by molar-refractivity contribution is 0.0632. The van der Waals surface area contributed by atoms with E-state index in [1.807, 2.05) is 0 Å². The molecule has 20 heavy (non-hydrogen) atoms. The first-order valence-electron chi connectivity index (χ1n) is 5.97. The molecule has 0 aliphatic carbocycles. The van der Waals surface area contributed by atoms with Crippen LogP contribution < -0.4 is 10.1 Å². The highest BCUT2D eigenvalue weighted by atomic mass is 19.3. The second kappa shape index (κ2) is 6.42. The quantitative estimate of drug-likeness (QED) is 0.887. The second-order valence-electron chi connectivity index (χ2n) is 4.14. The molecular formula is C13H14F3N3O. The minimum Gasteiger partial charge on any atom is -0.486 e. The molecule has 0 bridgehead atoms. The fraction of sp³-hybridized carbons (Fsp3) is 0.308. The lowest BCUT2D eigenvalue weighted by Crippen LogP contribution is -2.08. The molecule has 2 rings (SSSR count). The van der Waals surface area contributed by atoms with Gasteiger partial charge in [0.15, 0.2) is 5.82 Å². The molecule has 108 valence electrons.